The van der Waals surface area contributed by atoms with Crippen LogP contribution in [0.25, 0.3) is 11.4 Å². The van der Waals surface area contributed by atoms with E-state index in [0.29, 0.717) is 36.8 Å². The van der Waals surface area contributed by atoms with Crippen molar-refractivity contribution >= 4 is 11.7 Å². The Labute approximate surface area is 156 Å². The van der Waals surface area contributed by atoms with Crippen LogP contribution in [0.15, 0.2) is 47.4 Å². The number of hydrogen-bond donors (Lipinski definition) is 0. The number of piperazine rings is 1. The fourth-order valence-electron chi connectivity index (χ4n) is 3.03. The number of aromatic nitrogens is 4. The SMILES string of the molecule is CCc1nc(-c2ccc(N3CCN(C(=O)c4cccnc4)CC3)nc2)no1. The highest BCUT2D eigenvalue weighted by Gasteiger charge is 2.23. The van der Waals surface area contributed by atoms with Gasteiger partial charge in [0.1, 0.15) is 5.82 Å². The normalized spacial score (nSPS) is 14.4. The van der Waals surface area contributed by atoms with Crippen molar-refractivity contribution in [2.75, 3.05) is 31.1 Å². The van der Waals surface area contributed by atoms with E-state index in [4.69, 9.17) is 4.52 Å². The topological polar surface area (TPSA) is 88.3 Å². The van der Waals surface area contributed by atoms with Crippen molar-refractivity contribution in [2.45, 2.75) is 13.3 Å². The van der Waals surface area contributed by atoms with Crippen LogP contribution in [0.5, 0.6) is 0 Å². The molecule has 0 aliphatic carbocycles. The maximum absolute atomic E-state index is 12.5. The van der Waals surface area contributed by atoms with E-state index in [2.05, 4.69) is 25.0 Å². The first kappa shape index (κ1) is 17.1. The summed E-state index contributed by atoms with van der Waals surface area (Å²) < 4.78 is 5.14. The molecule has 8 nitrogen and oxygen atoms in total. The molecule has 0 unspecified atom stereocenters. The second-order valence-corrected chi connectivity index (χ2v) is 6.29. The third kappa shape index (κ3) is 3.64. The predicted molar refractivity (Wildman–Crippen MR) is 99.3 cm³/mol. The van der Waals surface area contributed by atoms with Gasteiger partial charge in [0.2, 0.25) is 11.7 Å². The van der Waals surface area contributed by atoms with E-state index in [1.807, 2.05) is 24.0 Å². The first-order valence-electron chi connectivity index (χ1n) is 8.98. The van der Waals surface area contributed by atoms with Crippen molar-refractivity contribution < 1.29 is 9.32 Å². The van der Waals surface area contributed by atoms with E-state index >= 15 is 0 Å². The van der Waals surface area contributed by atoms with Crippen LogP contribution in [0, 0.1) is 0 Å². The van der Waals surface area contributed by atoms with E-state index in [9.17, 15) is 4.79 Å². The van der Waals surface area contributed by atoms with Crippen LogP contribution < -0.4 is 4.90 Å². The van der Waals surface area contributed by atoms with Gasteiger partial charge in [0.25, 0.3) is 5.91 Å². The van der Waals surface area contributed by atoms with Gasteiger partial charge in [-0.25, -0.2) is 4.98 Å². The standard InChI is InChI=1S/C19H20N6O2/c1-2-17-22-18(23-27-17)14-5-6-16(21-13-14)24-8-10-25(11-9-24)19(26)15-4-3-7-20-12-15/h3-7,12-13H,2,8-11H2,1H3. The first-order chi connectivity index (χ1) is 13.2. The number of carbonyl (C=O) groups is 1. The maximum atomic E-state index is 12.5. The summed E-state index contributed by atoms with van der Waals surface area (Å²) in [5.41, 5.74) is 1.45. The van der Waals surface area contributed by atoms with Gasteiger partial charge in [-0.2, -0.15) is 4.98 Å². The minimum Gasteiger partial charge on any atom is -0.353 e. The quantitative estimate of drug-likeness (QED) is 0.700. The molecule has 8 heteroatoms. The molecule has 0 atom stereocenters. The summed E-state index contributed by atoms with van der Waals surface area (Å²) in [5, 5.41) is 3.97. The van der Waals surface area contributed by atoms with E-state index in [1.165, 1.54) is 0 Å². The summed E-state index contributed by atoms with van der Waals surface area (Å²) in [6.45, 7) is 4.75. The van der Waals surface area contributed by atoms with E-state index in [0.717, 1.165) is 24.5 Å². The molecular formula is C19H20N6O2. The van der Waals surface area contributed by atoms with Crippen molar-refractivity contribution in [1.29, 1.82) is 0 Å². The molecule has 0 bridgehead atoms. The van der Waals surface area contributed by atoms with Crippen LogP contribution in [0.3, 0.4) is 0 Å². The van der Waals surface area contributed by atoms with Crippen LogP contribution in [-0.4, -0.2) is 57.1 Å². The second-order valence-electron chi connectivity index (χ2n) is 6.29. The van der Waals surface area contributed by atoms with Gasteiger partial charge in [-0.3, -0.25) is 9.78 Å². The van der Waals surface area contributed by atoms with Crippen LogP contribution in [0.1, 0.15) is 23.2 Å². The molecule has 0 radical (unpaired) electrons. The molecule has 0 aromatic carbocycles. The minimum absolute atomic E-state index is 0.0230. The third-order valence-electron chi connectivity index (χ3n) is 4.58. The minimum atomic E-state index is 0.0230. The van der Waals surface area contributed by atoms with Crippen LogP contribution in [0.4, 0.5) is 5.82 Å². The largest absolute Gasteiger partial charge is 0.353 e. The highest BCUT2D eigenvalue weighted by atomic mass is 16.5. The van der Waals surface area contributed by atoms with Gasteiger partial charge in [0.05, 0.1) is 5.56 Å². The number of carbonyl (C=O) groups excluding carboxylic acids is 1. The van der Waals surface area contributed by atoms with E-state index < -0.39 is 0 Å². The van der Waals surface area contributed by atoms with Gasteiger partial charge in [-0.1, -0.05) is 12.1 Å². The fraction of sp³-hybridized carbons (Fsp3) is 0.316. The van der Waals surface area contributed by atoms with Crippen molar-refractivity contribution in [2.24, 2.45) is 0 Å². The Morgan fingerprint density at radius 2 is 2.00 bits per heavy atom. The Hall–Kier alpha value is -3.29. The molecule has 4 rings (SSSR count). The van der Waals surface area contributed by atoms with Crippen molar-refractivity contribution in [3.8, 4) is 11.4 Å². The first-order valence-corrected chi connectivity index (χ1v) is 8.98. The summed E-state index contributed by atoms with van der Waals surface area (Å²) in [4.78, 5) is 29.4. The molecule has 3 aromatic rings. The Bertz CT molecular complexity index is 901. The molecule has 4 heterocycles. The van der Waals surface area contributed by atoms with Crippen LogP contribution >= 0.6 is 0 Å². The second kappa shape index (κ2) is 7.53. The smallest absolute Gasteiger partial charge is 0.255 e. The zero-order valence-corrected chi connectivity index (χ0v) is 15.1. The van der Waals surface area contributed by atoms with Crippen LogP contribution in [-0.2, 0) is 6.42 Å². The van der Waals surface area contributed by atoms with Crippen molar-refractivity contribution in [1.82, 2.24) is 25.0 Å². The third-order valence-corrected chi connectivity index (χ3v) is 4.58. The maximum Gasteiger partial charge on any atom is 0.255 e. The Kier molecular flexibility index (Phi) is 4.78. The Balaban J connectivity index is 1.39. The molecule has 1 amide bonds. The molecule has 138 valence electrons. The molecular weight excluding hydrogens is 344 g/mol. The number of aryl methyl sites for hydroxylation is 1. The lowest BCUT2D eigenvalue weighted by Gasteiger charge is -2.35. The summed E-state index contributed by atoms with van der Waals surface area (Å²) in [6, 6.07) is 7.47. The van der Waals surface area contributed by atoms with Gasteiger partial charge in [-0.05, 0) is 24.3 Å². The van der Waals surface area contributed by atoms with Crippen molar-refractivity contribution in [3.05, 3.63) is 54.3 Å². The predicted octanol–water partition coefficient (Wildman–Crippen LogP) is 2.05. The molecule has 1 aliphatic rings. The number of pyridine rings is 2. The van der Waals surface area contributed by atoms with E-state index in [1.54, 1.807) is 30.7 Å². The number of nitrogens with zero attached hydrogens (tertiary/aromatic N) is 6. The molecule has 3 aromatic heterocycles. The molecule has 27 heavy (non-hydrogen) atoms. The van der Waals surface area contributed by atoms with Gasteiger partial charge >= 0.3 is 0 Å². The number of rotatable bonds is 4. The van der Waals surface area contributed by atoms with Gasteiger partial charge < -0.3 is 14.3 Å². The summed E-state index contributed by atoms with van der Waals surface area (Å²) in [5.74, 6) is 2.07. The summed E-state index contributed by atoms with van der Waals surface area (Å²) in [6.07, 6.45) is 5.74. The summed E-state index contributed by atoms with van der Waals surface area (Å²) in [7, 11) is 0. The average Bonchev–Trinajstić information content (AvgIpc) is 3.23. The molecule has 0 spiro atoms. The molecule has 0 saturated carbocycles. The van der Waals surface area contributed by atoms with Crippen molar-refractivity contribution in [3.63, 3.8) is 0 Å². The number of hydrogen-bond acceptors (Lipinski definition) is 7. The van der Waals surface area contributed by atoms with Gasteiger partial charge in [-0.15, -0.1) is 0 Å². The van der Waals surface area contributed by atoms with Crippen LogP contribution in [0.2, 0.25) is 0 Å². The lowest BCUT2D eigenvalue weighted by Crippen LogP contribution is -2.49. The monoisotopic (exact) mass is 364 g/mol. The van der Waals surface area contributed by atoms with Gasteiger partial charge in [0, 0.05) is 56.8 Å². The Morgan fingerprint density at radius 3 is 2.63 bits per heavy atom. The van der Waals surface area contributed by atoms with E-state index in [-0.39, 0.29) is 5.91 Å². The summed E-state index contributed by atoms with van der Waals surface area (Å²) >= 11 is 0. The highest BCUT2D eigenvalue weighted by molar-refractivity contribution is 5.94. The lowest BCUT2D eigenvalue weighted by atomic mass is 10.2. The zero-order chi connectivity index (χ0) is 18.6. The highest BCUT2D eigenvalue weighted by Crippen LogP contribution is 2.20. The molecule has 0 N–H and O–H groups in total. The van der Waals surface area contributed by atoms with Gasteiger partial charge in [0.15, 0.2) is 0 Å². The molecule has 1 aliphatic heterocycles. The zero-order valence-electron chi connectivity index (χ0n) is 15.1. The molecule has 1 fully saturated rings. The lowest BCUT2D eigenvalue weighted by molar-refractivity contribution is 0.0746. The number of amides is 1. The fourth-order valence-corrected chi connectivity index (χ4v) is 3.03. The number of anilines is 1. The Morgan fingerprint density at radius 1 is 1.15 bits per heavy atom. The molecule has 1 saturated heterocycles. The average molecular weight is 364 g/mol.